The van der Waals surface area contributed by atoms with Crippen LogP contribution >= 0.6 is 0 Å². The summed E-state index contributed by atoms with van der Waals surface area (Å²) in [6, 6.07) is 11.2. The molecule has 4 nitrogen and oxygen atoms in total. The fraction of sp³-hybridized carbons (Fsp3) is 0.526. The van der Waals surface area contributed by atoms with E-state index in [0.717, 1.165) is 43.2 Å². The van der Waals surface area contributed by atoms with Gasteiger partial charge in [-0.05, 0) is 45.8 Å². The molecule has 0 aliphatic carbocycles. The SMILES string of the molecule is CCCN(Cc1cc(-c2ccc(C)cc2)no1)C1CCNCC1. The summed E-state index contributed by atoms with van der Waals surface area (Å²) in [5.74, 6) is 0.965. The first kappa shape index (κ1) is 16.2. The van der Waals surface area contributed by atoms with Crippen LogP contribution in [0.1, 0.15) is 37.5 Å². The summed E-state index contributed by atoms with van der Waals surface area (Å²) in [6.07, 6.45) is 3.61. The number of nitrogens with zero attached hydrogens (tertiary/aromatic N) is 2. The molecule has 0 spiro atoms. The van der Waals surface area contributed by atoms with Crippen molar-refractivity contribution in [1.29, 1.82) is 0 Å². The van der Waals surface area contributed by atoms with Crippen molar-refractivity contribution < 1.29 is 4.52 Å². The van der Waals surface area contributed by atoms with Gasteiger partial charge in [-0.1, -0.05) is 41.9 Å². The molecule has 0 bridgehead atoms. The summed E-state index contributed by atoms with van der Waals surface area (Å²) in [6.45, 7) is 8.56. The van der Waals surface area contributed by atoms with E-state index >= 15 is 0 Å². The van der Waals surface area contributed by atoms with E-state index in [1.54, 1.807) is 0 Å². The van der Waals surface area contributed by atoms with Crippen molar-refractivity contribution in [2.75, 3.05) is 19.6 Å². The van der Waals surface area contributed by atoms with Crippen LogP contribution in [-0.2, 0) is 6.54 Å². The molecule has 0 saturated carbocycles. The zero-order chi connectivity index (χ0) is 16.1. The van der Waals surface area contributed by atoms with Gasteiger partial charge in [0.15, 0.2) is 5.76 Å². The minimum atomic E-state index is 0.657. The van der Waals surface area contributed by atoms with Crippen molar-refractivity contribution in [3.63, 3.8) is 0 Å². The lowest BCUT2D eigenvalue weighted by molar-refractivity contribution is 0.139. The second kappa shape index (κ2) is 7.75. The minimum Gasteiger partial charge on any atom is -0.359 e. The first-order chi connectivity index (χ1) is 11.3. The number of hydrogen-bond donors (Lipinski definition) is 1. The number of benzene rings is 1. The molecule has 2 aromatic rings. The van der Waals surface area contributed by atoms with Crippen LogP contribution in [0, 0.1) is 6.92 Å². The molecule has 4 heteroatoms. The molecule has 124 valence electrons. The Morgan fingerprint density at radius 3 is 2.65 bits per heavy atom. The van der Waals surface area contributed by atoms with Crippen LogP contribution in [0.25, 0.3) is 11.3 Å². The number of hydrogen-bond acceptors (Lipinski definition) is 4. The first-order valence-electron chi connectivity index (χ1n) is 8.73. The monoisotopic (exact) mass is 313 g/mol. The standard InChI is InChI=1S/C19H27N3O/c1-3-12-22(17-8-10-20-11-9-17)14-18-13-19(21-23-18)16-6-4-15(2)5-7-16/h4-7,13,17,20H,3,8-12,14H2,1-2H3. The minimum absolute atomic E-state index is 0.657. The molecule has 1 aromatic heterocycles. The highest BCUT2D eigenvalue weighted by molar-refractivity contribution is 5.59. The van der Waals surface area contributed by atoms with Crippen LogP contribution in [-0.4, -0.2) is 35.7 Å². The molecule has 3 rings (SSSR count). The van der Waals surface area contributed by atoms with Crippen molar-refractivity contribution in [3.8, 4) is 11.3 Å². The topological polar surface area (TPSA) is 41.3 Å². The number of rotatable bonds is 6. The van der Waals surface area contributed by atoms with Gasteiger partial charge in [0.05, 0.1) is 6.54 Å². The fourth-order valence-corrected chi connectivity index (χ4v) is 3.30. The molecule has 1 aliphatic heterocycles. The van der Waals surface area contributed by atoms with Crippen LogP contribution in [0.3, 0.4) is 0 Å². The van der Waals surface area contributed by atoms with Gasteiger partial charge in [-0.25, -0.2) is 0 Å². The second-order valence-electron chi connectivity index (χ2n) is 6.50. The zero-order valence-electron chi connectivity index (χ0n) is 14.2. The largest absolute Gasteiger partial charge is 0.359 e. The Hall–Kier alpha value is -1.65. The molecule has 1 aliphatic rings. The predicted octanol–water partition coefficient (Wildman–Crippen LogP) is 3.61. The van der Waals surface area contributed by atoms with Gasteiger partial charge in [0.2, 0.25) is 0 Å². The lowest BCUT2D eigenvalue weighted by Crippen LogP contribution is -2.43. The highest BCUT2D eigenvalue weighted by Crippen LogP contribution is 2.22. The van der Waals surface area contributed by atoms with E-state index in [1.165, 1.54) is 24.8 Å². The van der Waals surface area contributed by atoms with Gasteiger partial charge in [0.1, 0.15) is 5.69 Å². The van der Waals surface area contributed by atoms with Crippen LogP contribution < -0.4 is 5.32 Å². The Labute approximate surface area is 138 Å². The third-order valence-electron chi connectivity index (χ3n) is 4.60. The second-order valence-corrected chi connectivity index (χ2v) is 6.50. The van der Waals surface area contributed by atoms with Crippen molar-refractivity contribution >= 4 is 0 Å². The Kier molecular flexibility index (Phi) is 5.47. The summed E-state index contributed by atoms with van der Waals surface area (Å²) in [4.78, 5) is 2.56. The number of aryl methyl sites for hydroxylation is 1. The summed E-state index contributed by atoms with van der Waals surface area (Å²) < 4.78 is 5.61. The molecular weight excluding hydrogens is 286 g/mol. The number of piperidine rings is 1. The average Bonchev–Trinajstić information content (AvgIpc) is 3.04. The third kappa shape index (κ3) is 4.21. The molecule has 0 atom stereocenters. The van der Waals surface area contributed by atoms with Crippen molar-refractivity contribution in [2.24, 2.45) is 0 Å². The van der Waals surface area contributed by atoms with Gasteiger partial charge in [-0.3, -0.25) is 4.90 Å². The average molecular weight is 313 g/mol. The summed E-state index contributed by atoms with van der Waals surface area (Å²) in [7, 11) is 0. The fourth-order valence-electron chi connectivity index (χ4n) is 3.30. The Balaban J connectivity index is 1.69. The van der Waals surface area contributed by atoms with Crippen molar-refractivity contribution in [3.05, 3.63) is 41.7 Å². The van der Waals surface area contributed by atoms with Crippen molar-refractivity contribution in [2.45, 2.75) is 45.7 Å². The molecule has 1 fully saturated rings. The van der Waals surface area contributed by atoms with Gasteiger partial charge in [0, 0.05) is 17.7 Å². The maximum Gasteiger partial charge on any atom is 0.151 e. The highest BCUT2D eigenvalue weighted by atomic mass is 16.5. The molecule has 0 radical (unpaired) electrons. The molecule has 2 heterocycles. The van der Waals surface area contributed by atoms with E-state index in [1.807, 2.05) is 0 Å². The molecule has 1 N–H and O–H groups in total. The lowest BCUT2D eigenvalue weighted by atomic mass is 10.0. The summed E-state index contributed by atoms with van der Waals surface area (Å²) in [5, 5.41) is 7.70. The van der Waals surface area contributed by atoms with E-state index in [2.05, 4.69) is 59.6 Å². The molecule has 1 aromatic carbocycles. The number of nitrogens with one attached hydrogen (secondary N) is 1. The van der Waals surface area contributed by atoms with Gasteiger partial charge < -0.3 is 9.84 Å². The highest BCUT2D eigenvalue weighted by Gasteiger charge is 2.21. The zero-order valence-corrected chi connectivity index (χ0v) is 14.2. The smallest absolute Gasteiger partial charge is 0.151 e. The molecule has 0 amide bonds. The lowest BCUT2D eigenvalue weighted by Gasteiger charge is -2.33. The van der Waals surface area contributed by atoms with Gasteiger partial charge >= 0.3 is 0 Å². The summed E-state index contributed by atoms with van der Waals surface area (Å²) in [5.41, 5.74) is 3.31. The normalized spacial score (nSPS) is 16.1. The summed E-state index contributed by atoms with van der Waals surface area (Å²) >= 11 is 0. The van der Waals surface area contributed by atoms with E-state index in [-0.39, 0.29) is 0 Å². The number of aromatic nitrogens is 1. The molecule has 1 saturated heterocycles. The van der Waals surface area contributed by atoms with Gasteiger partial charge in [-0.2, -0.15) is 0 Å². The maximum atomic E-state index is 5.61. The third-order valence-corrected chi connectivity index (χ3v) is 4.60. The maximum absolute atomic E-state index is 5.61. The van der Waals surface area contributed by atoms with Crippen LogP contribution in [0.15, 0.2) is 34.9 Å². The van der Waals surface area contributed by atoms with E-state index < -0.39 is 0 Å². The van der Waals surface area contributed by atoms with E-state index in [4.69, 9.17) is 4.52 Å². The molecule has 0 unspecified atom stereocenters. The Morgan fingerprint density at radius 2 is 1.96 bits per heavy atom. The van der Waals surface area contributed by atoms with Crippen LogP contribution in [0.2, 0.25) is 0 Å². The molecular formula is C19H27N3O. The Bertz CT molecular complexity index is 599. The first-order valence-corrected chi connectivity index (χ1v) is 8.73. The van der Waals surface area contributed by atoms with Gasteiger partial charge in [-0.15, -0.1) is 0 Å². The van der Waals surface area contributed by atoms with Crippen molar-refractivity contribution in [1.82, 2.24) is 15.4 Å². The van der Waals surface area contributed by atoms with E-state index in [9.17, 15) is 0 Å². The van der Waals surface area contributed by atoms with Crippen LogP contribution in [0.4, 0.5) is 0 Å². The Morgan fingerprint density at radius 1 is 1.22 bits per heavy atom. The van der Waals surface area contributed by atoms with Crippen LogP contribution in [0.5, 0.6) is 0 Å². The van der Waals surface area contributed by atoms with Gasteiger partial charge in [0.25, 0.3) is 0 Å². The predicted molar refractivity (Wildman–Crippen MR) is 93.3 cm³/mol. The quantitative estimate of drug-likeness (QED) is 0.884. The molecule has 23 heavy (non-hydrogen) atoms. The van der Waals surface area contributed by atoms with E-state index in [0.29, 0.717) is 6.04 Å².